The van der Waals surface area contributed by atoms with Gasteiger partial charge in [0, 0.05) is 24.1 Å². The quantitative estimate of drug-likeness (QED) is 0.835. The minimum absolute atomic E-state index is 0.0105. The highest BCUT2D eigenvalue weighted by atomic mass is 19.1. The van der Waals surface area contributed by atoms with Gasteiger partial charge in [0.1, 0.15) is 11.6 Å². The van der Waals surface area contributed by atoms with Crippen molar-refractivity contribution in [3.05, 3.63) is 35.4 Å². The lowest BCUT2D eigenvalue weighted by Gasteiger charge is -2.53. The molecule has 4 rings (SSSR count). The van der Waals surface area contributed by atoms with E-state index in [4.69, 9.17) is 4.74 Å². The average molecular weight is 377 g/mol. The van der Waals surface area contributed by atoms with Crippen LogP contribution in [0.25, 0.3) is 0 Å². The molecule has 3 fully saturated rings. The SMILES string of the molecule is CC(C)C(=O)N[C@@H]1C(C)(C)[C@@H]2C[C@@H]3[C@@H](c4cc(F)ccc4F)OCCC31C2. The van der Waals surface area contributed by atoms with Crippen LogP contribution in [0.1, 0.15) is 58.6 Å². The number of nitrogens with one attached hydrogen (secondary N) is 1. The topological polar surface area (TPSA) is 38.3 Å². The summed E-state index contributed by atoms with van der Waals surface area (Å²) in [6, 6.07) is 3.64. The first kappa shape index (κ1) is 18.9. The molecule has 1 heterocycles. The molecular formula is C22H29F2NO2. The Morgan fingerprint density at radius 3 is 2.74 bits per heavy atom. The smallest absolute Gasteiger partial charge is 0.222 e. The highest BCUT2D eigenvalue weighted by molar-refractivity contribution is 5.78. The van der Waals surface area contributed by atoms with Gasteiger partial charge in [0.05, 0.1) is 6.10 Å². The first-order valence-corrected chi connectivity index (χ1v) is 10.0. The highest BCUT2D eigenvalue weighted by Gasteiger charge is 2.68. The fourth-order valence-corrected chi connectivity index (χ4v) is 6.14. The van der Waals surface area contributed by atoms with Gasteiger partial charge in [-0.2, -0.15) is 0 Å². The van der Waals surface area contributed by atoms with Gasteiger partial charge < -0.3 is 10.1 Å². The zero-order valence-corrected chi connectivity index (χ0v) is 16.5. The Balaban J connectivity index is 1.72. The summed E-state index contributed by atoms with van der Waals surface area (Å²) in [4.78, 5) is 12.5. The number of amides is 1. The van der Waals surface area contributed by atoms with Crippen molar-refractivity contribution in [2.24, 2.45) is 28.6 Å². The van der Waals surface area contributed by atoms with Crippen LogP contribution in [0.15, 0.2) is 18.2 Å². The van der Waals surface area contributed by atoms with E-state index in [0.29, 0.717) is 18.1 Å². The Labute approximate surface area is 159 Å². The van der Waals surface area contributed by atoms with Crippen molar-refractivity contribution in [2.45, 2.75) is 59.1 Å². The van der Waals surface area contributed by atoms with E-state index < -0.39 is 17.7 Å². The van der Waals surface area contributed by atoms with Gasteiger partial charge in [0.25, 0.3) is 0 Å². The number of ether oxygens (including phenoxy) is 1. The van der Waals surface area contributed by atoms with Crippen molar-refractivity contribution in [2.75, 3.05) is 6.61 Å². The summed E-state index contributed by atoms with van der Waals surface area (Å²) in [7, 11) is 0. The fraction of sp³-hybridized carbons (Fsp3) is 0.682. The van der Waals surface area contributed by atoms with Gasteiger partial charge in [0.15, 0.2) is 0 Å². The number of halogens is 2. The third-order valence-corrected chi connectivity index (χ3v) is 7.58. The van der Waals surface area contributed by atoms with E-state index in [1.54, 1.807) is 0 Å². The normalized spacial score (nSPS) is 36.7. The van der Waals surface area contributed by atoms with E-state index in [0.717, 1.165) is 25.3 Å². The molecule has 3 nitrogen and oxygen atoms in total. The van der Waals surface area contributed by atoms with Crippen LogP contribution in [-0.2, 0) is 9.53 Å². The Hall–Kier alpha value is -1.49. The van der Waals surface area contributed by atoms with E-state index in [1.165, 1.54) is 12.1 Å². The van der Waals surface area contributed by atoms with Gasteiger partial charge in [-0.05, 0) is 60.1 Å². The average Bonchev–Trinajstić information content (AvgIpc) is 3.09. The Morgan fingerprint density at radius 1 is 1.30 bits per heavy atom. The summed E-state index contributed by atoms with van der Waals surface area (Å²) >= 11 is 0. The van der Waals surface area contributed by atoms with E-state index >= 15 is 0 Å². The lowest BCUT2D eigenvalue weighted by atomic mass is 9.58. The van der Waals surface area contributed by atoms with E-state index in [1.807, 2.05) is 13.8 Å². The summed E-state index contributed by atoms with van der Waals surface area (Å²) in [5.74, 6) is -0.329. The Kier molecular flexibility index (Phi) is 4.37. The molecule has 1 aromatic carbocycles. The predicted molar refractivity (Wildman–Crippen MR) is 98.9 cm³/mol. The van der Waals surface area contributed by atoms with Gasteiger partial charge in [0.2, 0.25) is 5.91 Å². The first-order chi connectivity index (χ1) is 12.7. The number of hydrogen-bond acceptors (Lipinski definition) is 2. The molecule has 27 heavy (non-hydrogen) atoms. The van der Waals surface area contributed by atoms with E-state index in [9.17, 15) is 13.6 Å². The maximum Gasteiger partial charge on any atom is 0.222 e. The predicted octanol–water partition coefficient (Wildman–Crippen LogP) is 4.62. The lowest BCUT2D eigenvalue weighted by Crippen LogP contribution is -2.59. The molecule has 1 saturated heterocycles. The largest absolute Gasteiger partial charge is 0.373 e. The van der Waals surface area contributed by atoms with Crippen LogP contribution in [0, 0.1) is 40.2 Å². The number of carbonyl (C=O) groups excluding carboxylic acids is 1. The molecule has 0 radical (unpaired) electrons. The molecule has 2 saturated carbocycles. The van der Waals surface area contributed by atoms with Crippen LogP contribution in [-0.4, -0.2) is 18.6 Å². The first-order valence-electron chi connectivity index (χ1n) is 10.0. The summed E-state index contributed by atoms with van der Waals surface area (Å²) in [5, 5.41) is 3.33. The third-order valence-electron chi connectivity index (χ3n) is 7.58. The molecular weight excluding hydrogens is 348 g/mol. The monoisotopic (exact) mass is 377 g/mol. The van der Waals surface area contributed by atoms with Crippen molar-refractivity contribution < 1.29 is 18.3 Å². The van der Waals surface area contributed by atoms with Crippen molar-refractivity contribution >= 4 is 5.91 Å². The van der Waals surface area contributed by atoms with E-state index in [-0.39, 0.29) is 34.6 Å². The van der Waals surface area contributed by atoms with Crippen molar-refractivity contribution in [1.29, 1.82) is 0 Å². The molecule has 1 aliphatic heterocycles. The fourth-order valence-electron chi connectivity index (χ4n) is 6.14. The molecule has 1 amide bonds. The van der Waals surface area contributed by atoms with Crippen LogP contribution in [0.3, 0.4) is 0 Å². The summed E-state index contributed by atoms with van der Waals surface area (Å²) < 4.78 is 34.3. The molecule has 5 atom stereocenters. The molecule has 2 bridgehead atoms. The van der Waals surface area contributed by atoms with Crippen LogP contribution in [0.2, 0.25) is 0 Å². The van der Waals surface area contributed by atoms with Gasteiger partial charge in [-0.15, -0.1) is 0 Å². The lowest BCUT2D eigenvalue weighted by molar-refractivity contribution is -0.139. The molecule has 148 valence electrons. The van der Waals surface area contributed by atoms with Crippen LogP contribution in [0.5, 0.6) is 0 Å². The number of fused-ring (bicyclic) bond motifs is 1. The minimum atomic E-state index is -0.450. The number of carbonyl (C=O) groups is 1. The molecule has 0 aromatic heterocycles. The van der Waals surface area contributed by atoms with Gasteiger partial charge in [-0.1, -0.05) is 27.7 Å². The van der Waals surface area contributed by atoms with Crippen molar-refractivity contribution in [3.8, 4) is 0 Å². The van der Waals surface area contributed by atoms with E-state index in [2.05, 4.69) is 19.2 Å². The van der Waals surface area contributed by atoms with Crippen LogP contribution >= 0.6 is 0 Å². The zero-order valence-electron chi connectivity index (χ0n) is 16.5. The van der Waals surface area contributed by atoms with Crippen molar-refractivity contribution in [3.63, 3.8) is 0 Å². The second-order valence-electron chi connectivity index (χ2n) is 9.60. The second-order valence-corrected chi connectivity index (χ2v) is 9.60. The maximum absolute atomic E-state index is 14.5. The molecule has 1 N–H and O–H groups in total. The molecule has 2 aliphatic carbocycles. The van der Waals surface area contributed by atoms with Gasteiger partial charge in [-0.25, -0.2) is 8.78 Å². The van der Waals surface area contributed by atoms with Crippen LogP contribution in [0.4, 0.5) is 8.78 Å². The zero-order chi connectivity index (χ0) is 19.6. The van der Waals surface area contributed by atoms with Gasteiger partial charge >= 0.3 is 0 Å². The second kappa shape index (κ2) is 6.26. The molecule has 1 aromatic rings. The van der Waals surface area contributed by atoms with Gasteiger partial charge in [-0.3, -0.25) is 4.79 Å². The standard InChI is InChI=1S/C22H29F2NO2/c1-12(2)19(26)25-20-21(3,4)13-9-16-18(27-8-7-22(16,20)11-13)15-10-14(23)5-6-17(15)24/h5-6,10,12-13,16,18,20H,7-9,11H2,1-4H3,(H,25,26)/t13-,16-,18-,20-,22?/m1/s1. The Bertz CT molecular complexity index is 763. The maximum atomic E-state index is 14.5. The Morgan fingerprint density at radius 2 is 2.04 bits per heavy atom. The third kappa shape index (κ3) is 2.72. The molecule has 5 heteroatoms. The molecule has 1 unspecified atom stereocenters. The number of rotatable bonds is 3. The molecule has 1 spiro atoms. The summed E-state index contributed by atoms with van der Waals surface area (Å²) in [5.41, 5.74) is 0.197. The molecule has 3 aliphatic rings. The van der Waals surface area contributed by atoms with Crippen LogP contribution < -0.4 is 5.32 Å². The number of hydrogen-bond donors (Lipinski definition) is 1. The minimum Gasteiger partial charge on any atom is -0.373 e. The summed E-state index contributed by atoms with van der Waals surface area (Å²) in [6.07, 6.45) is 2.36. The number of benzene rings is 1. The highest BCUT2D eigenvalue weighted by Crippen LogP contribution is 2.70. The van der Waals surface area contributed by atoms with Crippen molar-refractivity contribution in [1.82, 2.24) is 5.32 Å². The summed E-state index contributed by atoms with van der Waals surface area (Å²) in [6.45, 7) is 8.79.